The van der Waals surface area contributed by atoms with E-state index in [1.54, 1.807) is 0 Å². The Morgan fingerprint density at radius 1 is 0.711 bits per heavy atom. The first-order chi connectivity index (χ1) is 17.4. The van der Waals surface area contributed by atoms with Crippen molar-refractivity contribution in [2.75, 3.05) is 0 Å². The number of aliphatic hydroxyl groups excluding tert-OH is 1. The van der Waals surface area contributed by atoms with Crippen LogP contribution >= 0.6 is 15.9 Å². The van der Waals surface area contributed by atoms with Crippen LogP contribution in [0.2, 0.25) is 0 Å². The maximum atomic E-state index is 11.1. The lowest BCUT2D eigenvalue weighted by Crippen LogP contribution is -2.67. The van der Waals surface area contributed by atoms with E-state index in [0.29, 0.717) is 6.42 Å². The van der Waals surface area contributed by atoms with E-state index in [1.807, 2.05) is 20.8 Å². The molecule has 0 radical (unpaired) electrons. The van der Waals surface area contributed by atoms with Gasteiger partial charge in [0.05, 0.1) is 64.6 Å². The van der Waals surface area contributed by atoms with Crippen molar-refractivity contribution in [3.8, 4) is 0 Å². The van der Waals surface area contributed by atoms with Crippen molar-refractivity contribution in [3.63, 3.8) is 0 Å². The Bertz CT molecular complexity index is 892. The predicted molar refractivity (Wildman–Crippen MR) is 149 cm³/mol. The molecule has 0 bridgehead atoms. The Morgan fingerprint density at radius 2 is 1.21 bits per heavy atom. The normalized spacial score (nSPS) is 53.6. The topological polar surface area (TPSA) is 86.6 Å². The van der Waals surface area contributed by atoms with Gasteiger partial charge in [-0.25, -0.2) is 0 Å². The van der Waals surface area contributed by atoms with E-state index in [-0.39, 0.29) is 52.2 Å². The van der Waals surface area contributed by atoms with Crippen molar-refractivity contribution in [1.82, 2.24) is 0 Å². The molecule has 7 nitrogen and oxygen atoms in total. The summed E-state index contributed by atoms with van der Waals surface area (Å²) in [5.41, 5.74) is -3.15. The fourth-order valence-corrected chi connectivity index (χ4v) is 8.30. The van der Waals surface area contributed by atoms with Gasteiger partial charge in [0.25, 0.3) is 0 Å². The predicted octanol–water partition coefficient (Wildman–Crippen LogP) is 5.20. The standard InChI is InChI=1S/C30H51BrO7/c1-25(2,33)20-11-14-29(7,35-20)23-12-15-28(6,37-23)22-10-9-21-27(5,36-22)16-13-24(34-21)30(8)19(32)17-18(31)26(3,4)38-30/h18-24,32-33H,9-17H2,1-8H3/t18-,19+,20-,21-,22-,23-,24-,27+,28-,29+,30+/m1/s1. The third-order valence-electron chi connectivity index (χ3n) is 10.8. The molecule has 0 aliphatic carbocycles. The molecule has 0 spiro atoms. The van der Waals surface area contributed by atoms with Gasteiger partial charge in [-0.05, 0) is 113 Å². The molecule has 5 rings (SSSR count). The molecule has 5 aliphatic heterocycles. The minimum absolute atomic E-state index is 0.00698. The van der Waals surface area contributed by atoms with Crippen molar-refractivity contribution in [3.05, 3.63) is 0 Å². The third-order valence-corrected chi connectivity index (χ3v) is 12.2. The van der Waals surface area contributed by atoms with Crippen LogP contribution in [0.4, 0.5) is 0 Å². The molecular weight excluding hydrogens is 552 g/mol. The number of hydrogen-bond acceptors (Lipinski definition) is 7. The van der Waals surface area contributed by atoms with E-state index < -0.39 is 22.9 Å². The number of fused-ring (bicyclic) bond motifs is 1. The Balaban J connectivity index is 1.23. The second kappa shape index (κ2) is 9.62. The first-order valence-corrected chi connectivity index (χ1v) is 15.8. The molecule has 0 aromatic heterocycles. The molecule has 0 saturated carbocycles. The molecule has 38 heavy (non-hydrogen) atoms. The molecule has 0 aromatic rings. The summed E-state index contributed by atoms with van der Waals surface area (Å²) in [5, 5.41) is 21.5. The second-order valence-corrected chi connectivity index (χ2v) is 15.9. The molecular formula is C30H51BrO7. The molecule has 5 heterocycles. The Kier molecular flexibility index (Phi) is 7.51. The van der Waals surface area contributed by atoms with Crippen LogP contribution in [0.25, 0.3) is 0 Å². The van der Waals surface area contributed by atoms with Crippen LogP contribution in [-0.4, -0.2) is 85.3 Å². The molecule has 0 aromatic carbocycles. The van der Waals surface area contributed by atoms with Crippen LogP contribution in [0.3, 0.4) is 0 Å². The Labute approximate surface area is 237 Å². The number of alkyl halides is 1. The summed E-state index contributed by atoms with van der Waals surface area (Å²) >= 11 is 3.70. The van der Waals surface area contributed by atoms with Gasteiger partial charge in [0.2, 0.25) is 0 Å². The minimum atomic E-state index is -0.851. The average molecular weight is 604 g/mol. The summed E-state index contributed by atoms with van der Waals surface area (Å²) in [6, 6.07) is 0. The Morgan fingerprint density at radius 3 is 1.82 bits per heavy atom. The van der Waals surface area contributed by atoms with Crippen LogP contribution in [0.5, 0.6) is 0 Å². The largest absolute Gasteiger partial charge is 0.390 e. The summed E-state index contributed by atoms with van der Waals surface area (Å²) < 4.78 is 33.4. The molecule has 5 aliphatic rings. The SMILES string of the molecule is CC(C)(O)[C@H]1CC[C@@](C)([C@H]2CC[C@](C)([C@H]3CC[C@H]4O[C@@H]([C@@]5(C)OC(C)(C)[C@H](Br)C[C@@H]5O)CC[C@]4(C)O3)O2)O1. The van der Waals surface area contributed by atoms with E-state index in [9.17, 15) is 10.2 Å². The zero-order valence-corrected chi connectivity index (χ0v) is 26.3. The smallest absolute Gasteiger partial charge is 0.118 e. The van der Waals surface area contributed by atoms with Crippen LogP contribution in [0.1, 0.15) is 113 Å². The number of aliphatic hydroxyl groups is 2. The molecule has 5 saturated heterocycles. The van der Waals surface area contributed by atoms with Gasteiger partial charge in [-0.15, -0.1) is 0 Å². The van der Waals surface area contributed by atoms with Crippen LogP contribution < -0.4 is 0 Å². The molecule has 8 heteroatoms. The van der Waals surface area contributed by atoms with E-state index in [1.165, 1.54) is 0 Å². The van der Waals surface area contributed by atoms with Gasteiger partial charge in [-0.1, -0.05) is 15.9 Å². The maximum absolute atomic E-state index is 11.1. The highest BCUT2D eigenvalue weighted by molar-refractivity contribution is 9.09. The van der Waals surface area contributed by atoms with Gasteiger partial charge in [0.1, 0.15) is 5.60 Å². The van der Waals surface area contributed by atoms with Crippen LogP contribution in [0.15, 0.2) is 0 Å². The Hall–Kier alpha value is 0.200. The van der Waals surface area contributed by atoms with Gasteiger partial charge in [0.15, 0.2) is 0 Å². The van der Waals surface area contributed by atoms with E-state index in [2.05, 4.69) is 50.5 Å². The van der Waals surface area contributed by atoms with Gasteiger partial charge in [-0.3, -0.25) is 0 Å². The zero-order valence-electron chi connectivity index (χ0n) is 24.7. The summed E-state index contributed by atoms with van der Waals surface area (Å²) in [4.78, 5) is 0.0968. The molecule has 11 atom stereocenters. The number of ether oxygens (including phenoxy) is 5. The molecule has 0 unspecified atom stereocenters. The van der Waals surface area contributed by atoms with Crippen molar-refractivity contribution in [1.29, 1.82) is 0 Å². The highest BCUT2D eigenvalue weighted by atomic mass is 79.9. The third kappa shape index (κ3) is 5.05. The first kappa shape index (κ1) is 29.7. The second-order valence-electron chi connectivity index (χ2n) is 14.8. The highest BCUT2D eigenvalue weighted by Gasteiger charge is 2.60. The zero-order chi connectivity index (χ0) is 27.9. The van der Waals surface area contributed by atoms with Crippen LogP contribution in [0, 0.1) is 0 Å². The average Bonchev–Trinajstić information content (AvgIpc) is 3.42. The fourth-order valence-electron chi connectivity index (χ4n) is 7.85. The fraction of sp³-hybridized carbons (Fsp3) is 1.00. The van der Waals surface area contributed by atoms with Crippen molar-refractivity contribution < 1.29 is 33.9 Å². The summed E-state index contributed by atoms with van der Waals surface area (Å²) in [6.45, 7) is 16.4. The van der Waals surface area contributed by atoms with E-state index in [0.717, 1.165) is 51.4 Å². The summed E-state index contributed by atoms with van der Waals surface area (Å²) in [6.07, 6.45) is 6.64. The van der Waals surface area contributed by atoms with Gasteiger partial charge < -0.3 is 33.9 Å². The maximum Gasteiger partial charge on any atom is 0.118 e. The number of hydrogen-bond donors (Lipinski definition) is 2. The minimum Gasteiger partial charge on any atom is -0.390 e. The molecule has 0 amide bonds. The van der Waals surface area contributed by atoms with Crippen LogP contribution in [-0.2, 0) is 23.7 Å². The highest BCUT2D eigenvalue weighted by Crippen LogP contribution is 2.52. The van der Waals surface area contributed by atoms with Crippen molar-refractivity contribution in [2.45, 2.75) is 188 Å². The number of rotatable bonds is 4. The van der Waals surface area contributed by atoms with Gasteiger partial charge in [-0.2, -0.15) is 0 Å². The van der Waals surface area contributed by atoms with Gasteiger partial charge in [0, 0.05) is 4.83 Å². The summed E-state index contributed by atoms with van der Waals surface area (Å²) in [5.74, 6) is 0. The quantitative estimate of drug-likeness (QED) is 0.428. The monoisotopic (exact) mass is 602 g/mol. The molecule has 2 N–H and O–H groups in total. The lowest BCUT2D eigenvalue weighted by molar-refractivity contribution is -0.318. The van der Waals surface area contributed by atoms with Gasteiger partial charge >= 0.3 is 0 Å². The molecule has 220 valence electrons. The summed E-state index contributed by atoms with van der Waals surface area (Å²) in [7, 11) is 0. The van der Waals surface area contributed by atoms with E-state index >= 15 is 0 Å². The lowest BCUT2D eigenvalue weighted by Gasteiger charge is -2.57. The van der Waals surface area contributed by atoms with Crippen molar-refractivity contribution in [2.24, 2.45) is 0 Å². The molecule has 5 fully saturated rings. The van der Waals surface area contributed by atoms with E-state index in [4.69, 9.17) is 23.7 Å². The lowest BCUT2D eigenvalue weighted by atomic mass is 9.74. The van der Waals surface area contributed by atoms with Crippen molar-refractivity contribution >= 4 is 15.9 Å². The number of halogens is 1. The first-order valence-electron chi connectivity index (χ1n) is 14.8.